The van der Waals surface area contributed by atoms with Crippen molar-refractivity contribution in [3.8, 4) is 0 Å². The highest BCUT2D eigenvalue weighted by atomic mass is 32.1. The van der Waals surface area contributed by atoms with Gasteiger partial charge in [-0.15, -0.1) is 0 Å². The molecule has 2 heterocycles. The minimum atomic E-state index is -0.647. The number of amides is 1. The number of ether oxygens (including phenoxy) is 1. The highest BCUT2D eigenvalue weighted by molar-refractivity contribution is 7.07. The average Bonchev–Trinajstić information content (AvgIpc) is 3.09. The first-order valence-corrected chi connectivity index (χ1v) is 7.99. The largest absolute Gasteiger partial charge is 0.422 e. The van der Waals surface area contributed by atoms with Gasteiger partial charge in [-0.25, -0.2) is 4.79 Å². The van der Waals surface area contributed by atoms with E-state index in [-0.39, 0.29) is 18.2 Å². The van der Waals surface area contributed by atoms with Gasteiger partial charge in [0.25, 0.3) is 5.91 Å². The summed E-state index contributed by atoms with van der Waals surface area (Å²) in [6.45, 7) is 0.276. The second-order valence-electron chi connectivity index (χ2n) is 4.98. The van der Waals surface area contributed by atoms with Gasteiger partial charge in [0.1, 0.15) is 17.3 Å². The quantitative estimate of drug-likeness (QED) is 0.731. The molecule has 23 heavy (non-hydrogen) atoms. The molecule has 0 radical (unpaired) electrons. The van der Waals surface area contributed by atoms with E-state index in [2.05, 4.69) is 5.32 Å². The standard InChI is InChI=1S/C17H15NO4S/c1-21-15(12-6-7-23-10-12)9-18-16(19)13-8-11-4-2-3-5-14(11)22-17(13)20/h2-8,10,15H,9H2,1H3,(H,18,19). The number of methoxy groups -OCH3 is 1. The van der Waals surface area contributed by atoms with Crippen molar-refractivity contribution < 1.29 is 13.9 Å². The Morgan fingerprint density at radius 2 is 2.17 bits per heavy atom. The number of benzene rings is 1. The van der Waals surface area contributed by atoms with E-state index in [1.807, 2.05) is 22.9 Å². The Hall–Kier alpha value is -2.44. The van der Waals surface area contributed by atoms with Gasteiger partial charge in [0.05, 0.1) is 0 Å². The van der Waals surface area contributed by atoms with Crippen LogP contribution < -0.4 is 10.9 Å². The van der Waals surface area contributed by atoms with Crippen LogP contribution in [-0.2, 0) is 4.74 Å². The average molecular weight is 329 g/mol. The Bertz CT molecular complexity index is 870. The molecule has 1 amide bonds. The normalized spacial score (nSPS) is 12.2. The van der Waals surface area contributed by atoms with Gasteiger partial charge < -0.3 is 14.5 Å². The molecule has 0 spiro atoms. The predicted octanol–water partition coefficient (Wildman–Crippen LogP) is 2.97. The third-order valence-corrected chi connectivity index (χ3v) is 4.24. The molecule has 1 aromatic carbocycles. The third kappa shape index (κ3) is 3.33. The summed E-state index contributed by atoms with van der Waals surface area (Å²) in [6, 6.07) is 10.6. The van der Waals surface area contributed by atoms with Crippen LogP contribution in [0.3, 0.4) is 0 Å². The van der Waals surface area contributed by atoms with E-state index in [0.29, 0.717) is 11.0 Å². The third-order valence-electron chi connectivity index (χ3n) is 3.53. The monoisotopic (exact) mass is 329 g/mol. The summed E-state index contributed by atoms with van der Waals surface area (Å²) in [5.74, 6) is -0.471. The fraction of sp³-hybridized carbons (Fsp3) is 0.176. The maximum Gasteiger partial charge on any atom is 0.349 e. The van der Waals surface area contributed by atoms with Crippen molar-refractivity contribution >= 4 is 28.2 Å². The van der Waals surface area contributed by atoms with E-state index in [4.69, 9.17) is 9.15 Å². The fourth-order valence-electron chi connectivity index (χ4n) is 2.30. The molecule has 0 aliphatic rings. The zero-order chi connectivity index (χ0) is 16.2. The molecule has 118 valence electrons. The molecule has 0 saturated heterocycles. The van der Waals surface area contributed by atoms with Crippen LogP contribution in [0.5, 0.6) is 0 Å². The van der Waals surface area contributed by atoms with E-state index in [1.54, 1.807) is 42.7 Å². The molecule has 3 rings (SSSR count). The summed E-state index contributed by atoms with van der Waals surface area (Å²) < 4.78 is 10.5. The number of thiophene rings is 1. The van der Waals surface area contributed by atoms with Crippen molar-refractivity contribution in [1.29, 1.82) is 0 Å². The summed E-state index contributed by atoms with van der Waals surface area (Å²) >= 11 is 1.56. The van der Waals surface area contributed by atoms with Crippen molar-refractivity contribution in [1.82, 2.24) is 5.32 Å². The van der Waals surface area contributed by atoms with Crippen molar-refractivity contribution in [2.24, 2.45) is 0 Å². The SMILES string of the molecule is COC(CNC(=O)c1cc2ccccc2oc1=O)c1ccsc1. The number of hydrogen-bond donors (Lipinski definition) is 1. The lowest BCUT2D eigenvalue weighted by atomic mass is 10.1. The van der Waals surface area contributed by atoms with E-state index < -0.39 is 11.5 Å². The van der Waals surface area contributed by atoms with Crippen molar-refractivity contribution in [2.45, 2.75) is 6.10 Å². The Balaban J connectivity index is 1.78. The number of rotatable bonds is 5. The Morgan fingerprint density at radius 3 is 2.91 bits per heavy atom. The number of para-hydroxylation sites is 1. The van der Waals surface area contributed by atoms with Gasteiger partial charge in [-0.1, -0.05) is 18.2 Å². The van der Waals surface area contributed by atoms with Crippen LogP contribution in [0.2, 0.25) is 0 Å². The summed E-state index contributed by atoms with van der Waals surface area (Å²) in [4.78, 5) is 24.2. The van der Waals surface area contributed by atoms with Gasteiger partial charge in [0.2, 0.25) is 0 Å². The van der Waals surface area contributed by atoms with Crippen molar-refractivity contribution in [3.05, 3.63) is 68.7 Å². The molecule has 0 aliphatic carbocycles. The summed E-state index contributed by atoms with van der Waals surface area (Å²) in [7, 11) is 1.58. The molecule has 1 N–H and O–H groups in total. The molecule has 1 atom stereocenters. The van der Waals surface area contributed by atoms with Crippen LogP contribution in [0.1, 0.15) is 22.0 Å². The maximum atomic E-state index is 12.3. The first-order valence-electron chi connectivity index (χ1n) is 7.05. The van der Waals surface area contributed by atoms with Gasteiger partial charge >= 0.3 is 5.63 Å². The van der Waals surface area contributed by atoms with Crippen LogP contribution in [0.4, 0.5) is 0 Å². The Kier molecular flexibility index (Phi) is 4.55. The van der Waals surface area contributed by atoms with Crippen molar-refractivity contribution in [2.75, 3.05) is 13.7 Å². The maximum absolute atomic E-state index is 12.3. The molecule has 1 unspecified atom stereocenters. The van der Waals surface area contributed by atoms with Crippen molar-refractivity contribution in [3.63, 3.8) is 0 Å². The molecular formula is C17H15NO4S. The summed E-state index contributed by atoms with van der Waals surface area (Å²) in [5.41, 5.74) is 0.792. The lowest BCUT2D eigenvalue weighted by molar-refractivity contribution is 0.0826. The molecule has 0 aliphatic heterocycles. The Morgan fingerprint density at radius 1 is 1.35 bits per heavy atom. The first-order chi connectivity index (χ1) is 11.2. The highest BCUT2D eigenvalue weighted by Crippen LogP contribution is 2.19. The molecule has 5 nitrogen and oxygen atoms in total. The van der Waals surface area contributed by atoms with Gasteiger partial charge in [-0.05, 0) is 34.5 Å². The van der Waals surface area contributed by atoms with Gasteiger partial charge in [-0.3, -0.25) is 4.79 Å². The second kappa shape index (κ2) is 6.76. The first kappa shape index (κ1) is 15.5. The molecule has 3 aromatic rings. The molecule has 0 fully saturated rings. The van der Waals surface area contributed by atoms with Gasteiger partial charge in [-0.2, -0.15) is 11.3 Å². The second-order valence-corrected chi connectivity index (χ2v) is 5.76. The number of hydrogen-bond acceptors (Lipinski definition) is 5. The van der Waals surface area contributed by atoms with E-state index in [1.165, 1.54) is 0 Å². The van der Waals surface area contributed by atoms with Gasteiger partial charge in [0, 0.05) is 19.0 Å². The number of fused-ring (bicyclic) bond motifs is 1. The Labute approximate surface area is 136 Å². The minimum absolute atomic E-state index is 0.0103. The smallest absolute Gasteiger partial charge is 0.349 e. The summed E-state index contributed by atoms with van der Waals surface area (Å²) in [6.07, 6.45) is -0.252. The van der Waals surface area contributed by atoms with E-state index >= 15 is 0 Å². The zero-order valence-corrected chi connectivity index (χ0v) is 13.3. The molecule has 0 saturated carbocycles. The highest BCUT2D eigenvalue weighted by Gasteiger charge is 2.16. The fourth-order valence-corrected chi connectivity index (χ4v) is 3.00. The zero-order valence-electron chi connectivity index (χ0n) is 12.4. The predicted molar refractivity (Wildman–Crippen MR) is 88.9 cm³/mol. The minimum Gasteiger partial charge on any atom is -0.422 e. The van der Waals surface area contributed by atoms with E-state index in [9.17, 15) is 9.59 Å². The van der Waals surface area contributed by atoms with Crippen LogP contribution in [0.15, 0.2) is 56.4 Å². The van der Waals surface area contributed by atoms with Crippen LogP contribution in [0.25, 0.3) is 11.0 Å². The lowest BCUT2D eigenvalue weighted by Crippen LogP contribution is -2.32. The van der Waals surface area contributed by atoms with Crippen LogP contribution >= 0.6 is 11.3 Å². The lowest BCUT2D eigenvalue weighted by Gasteiger charge is -2.14. The molecule has 0 bridgehead atoms. The molecular weight excluding hydrogens is 314 g/mol. The number of nitrogens with one attached hydrogen (secondary N) is 1. The number of carbonyl (C=O) groups is 1. The van der Waals surface area contributed by atoms with E-state index in [0.717, 1.165) is 5.56 Å². The topological polar surface area (TPSA) is 68.5 Å². The van der Waals surface area contributed by atoms with Crippen LogP contribution in [-0.4, -0.2) is 19.6 Å². The number of carbonyl (C=O) groups excluding carboxylic acids is 1. The summed E-state index contributed by atoms with van der Waals surface area (Å²) in [5, 5.41) is 7.34. The van der Waals surface area contributed by atoms with Gasteiger partial charge in [0.15, 0.2) is 0 Å². The molecule has 6 heteroatoms. The molecule has 2 aromatic heterocycles. The van der Waals surface area contributed by atoms with Crippen LogP contribution in [0, 0.1) is 0 Å².